The second kappa shape index (κ2) is 8.07. The predicted octanol–water partition coefficient (Wildman–Crippen LogP) is 1.34. The first kappa shape index (κ1) is 20.6. The van der Waals surface area contributed by atoms with E-state index in [0.717, 1.165) is 18.2 Å². The zero-order valence-corrected chi connectivity index (χ0v) is 15.2. The topological polar surface area (TPSA) is 9.23 Å². The normalized spacial score (nSPS) is 11.7. The molecule has 2 aromatic rings. The number of alkyl halides is 3. The second-order valence-electron chi connectivity index (χ2n) is 4.56. The van der Waals surface area contributed by atoms with Crippen molar-refractivity contribution < 1.29 is 82.2 Å². The molecule has 2 aromatic carbocycles. The Hall–Kier alpha value is -0.479. The summed E-state index contributed by atoms with van der Waals surface area (Å²) in [5.74, 6) is -0.480. The molecule has 0 aromatic heterocycles. The summed E-state index contributed by atoms with van der Waals surface area (Å²) < 4.78 is 81.9. The Morgan fingerprint density at radius 3 is 2.04 bits per heavy atom. The van der Waals surface area contributed by atoms with Gasteiger partial charge in [-0.3, -0.25) is 0 Å². The molecular weight excluding hydrogens is 348 g/mol. The summed E-state index contributed by atoms with van der Waals surface area (Å²) >= 11 is 0. The van der Waals surface area contributed by atoms with Crippen LogP contribution in [0.15, 0.2) is 48.5 Å². The summed E-state index contributed by atoms with van der Waals surface area (Å²) in [4.78, 5) is 0. The number of rotatable bonds is 4. The van der Waals surface area contributed by atoms with Gasteiger partial charge in [-0.05, 0) is 12.1 Å². The SMILES string of the molecule is F[B-](F)(F)c1ccccc1OCc1ccccc1C(F)(F)F.[K+]. The van der Waals surface area contributed by atoms with Crippen molar-refractivity contribution in [1.29, 1.82) is 0 Å². The molecular formula is C14H10BF6KO. The third-order valence-electron chi connectivity index (χ3n) is 2.98. The van der Waals surface area contributed by atoms with E-state index in [0.29, 0.717) is 0 Å². The smallest absolute Gasteiger partial charge is 0.492 e. The van der Waals surface area contributed by atoms with Crippen LogP contribution in [0.25, 0.3) is 0 Å². The molecule has 0 saturated carbocycles. The van der Waals surface area contributed by atoms with E-state index in [2.05, 4.69) is 0 Å². The van der Waals surface area contributed by atoms with Crippen molar-refractivity contribution >= 4 is 12.4 Å². The first-order chi connectivity index (χ1) is 10.2. The van der Waals surface area contributed by atoms with Gasteiger partial charge in [0.15, 0.2) is 0 Å². The summed E-state index contributed by atoms with van der Waals surface area (Å²) in [6, 6.07) is 9.05. The molecule has 0 N–H and O–H groups in total. The Labute approximate surface area is 171 Å². The van der Waals surface area contributed by atoms with Gasteiger partial charge >= 0.3 is 64.5 Å². The largest absolute Gasteiger partial charge is 1.00 e. The molecule has 0 bridgehead atoms. The molecule has 2 rings (SSSR count). The van der Waals surface area contributed by atoms with Gasteiger partial charge in [-0.2, -0.15) is 13.2 Å². The number of hydrogen-bond acceptors (Lipinski definition) is 1. The maximum Gasteiger partial charge on any atom is 1.00 e. The van der Waals surface area contributed by atoms with Crippen LogP contribution in [-0.2, 0) is 12.8 Å². The number of benzene rings is 2. The van der Waals surface area contributed by atoms with Crippen LogP contribution >= 0.6 is 0 Å². The van der Waals surface area contributed by atoms with Gasteiger partial charge < -0.3 is 17.7 Å². The molecule has 0 fully saturated rings. The molecule has 1 nitrogen and oxygen atoms in total. The Kier molecular flexibility index (Phi) is 7.21. The second-order valence-corrected chi connectivity index (χ2v) is 4.56. The van der Waals surface area contributed by atoms with Crippen molar-refractivity contribution in [2.24, 2.45) is 0 Å². The van der Waals surface area contributed by atoms with Gasteiger partial charge in [0.2, 0.25) is 0 Å². The van der Waals surface area contributed by atoms with Crippen LogP contribution in [0.4, 0.5) is 26.1 Å². The van der Waals surface area contributed by atoms with Gasteiger partial charge in [0.25, 0.3) is 0 Å². The maximum absolute atomic E-state index is 12.8. The van der Waals surface area contributed by atoms with Crippen molar-refractivity contribution in [1.82, 2.24) is 0 Å². The maximum atomic E-state index is 12.8. The van der Waals surface area contributed by atoms with Crippen LogP contribution < -0.4 is 61.6 Å². The molecule has 0 aliphatic carbocycles. The summed E-state index contributed by atoms with van der Waals surface area (Å²) in [5, 5.41) is 0. The Morgan fingerprint density at radius 1 is 0.870 bits per heavy atom. The van der Waals surface area contributed by atoms with Gasteiger partial charge in [-0.1, -0.05) is 41.9 Å². The van der Waals surface area contributed by atoms with Gasteiger partial charge in [-0.15, -0.1) is 0 Å². The summed E-state index contributed by atoms with van der Waals surface area (Å²) in [5.41, 5.74) is -2.11. The van der Waals surface area contributed by atoms with E-state index in [9.17, 15) is 26.1 Å². The fourth-order valence-corrected chi connectivity index (χ4v) is 1.96. The van der Waals surface area contributed by atoms with E-state index in [1.807, 2.05) is 0 Å². The minimum Gasteiger partial charge on any atom is -0.492 e. The van der Waals surface area contributed by atoms with E-state index in [-0.39, 0.29) is 56.9 Å². The van der Waals surface area contributed by atoms with E-state index < -0.39 is 36.5 Å². The Bertz CT molecular complexity index is 599. The first-order valence-corrected chi connectivity index (χ1v) is 6.26. The van der Waals surface area contributed by atoms with Crippen molar-refractivity contribution in [2.45, 2.75) is 12.8 Å². The van der Waals surface area contributed by atoms with Crippen LogP contribution in [0.2, 0.25) is 0 Å². The van der Waals surface area contributed by atoms with Crippen molar-refractivity contribution in [2.75, 3.05) is 0 Å². The molecule has 0 radical (unpaired) electrons. The number of para-hydroxylation sites is 1. The quantitative estimate of drug-likeness (QED) is 0.592. The van der Waals surface area contributed by atoms with Crippen LogP contribution in [-0.4, -0.2) is 6.98 Å². The fourth-order valence-electron chi connectivity index (χ4n) is 1.96. The molecule has 0 aliphatic heterocycles. The third kappa shape index (κ3) is 5.53. The van der Waals surface area contributed by atoms with Gasteiger partial charge in [0.1, 0.15) is 6.61 Å². The summed E-state index contributed by atoms with van der Waals surface area (Å²) in [6.45, 7) is -5.90. The fraction of sp³-hybridized carbons (Fsp3) is 0.143. The van der Waals surface area contributed by atoms with E-state index in [4.69, 9.17) is 4.74 Å². The molecule has 23 heavy (non-hydrogen) atoms. The van der Waals surface area contributed by atoms with Crippen LogP contribution in [0.1, 0.15) is 11.1 Å². The first-order valence-electron chi connectivity index (χ1n) is 6.26. The predicted molar refractivity (Wildman–Crippen MR) is 70.9 cm³/mol. The van der Waals surface area contributed by atoms with Crippen LogP contribution in [0.5, 0.6) is 5.75 Å². The molecule has 0 atom stereocenters. The average Bonchev–Trinajstić information content (AvgIpc) is 2.44. The molecule has 118 valence electrons. The van der Waals surface area contributed by atoms with E-state index in [1.54, 1.807) is 0 Å². The molecule has 0 saturated heterocycles. The molecule has 0 spiro atoms. The zero-order chi connectivity index (χ0) is 16.4. The number of hydrogen-bond donors (Lipinski definition) is 0. The average molecular weight is 358 g/mol. The van der Waals surface area contributed by atoms with Gasteiger partial charge in [0.05, 0.1) is 11.3 Å². The van der Waals surface area contributed by atoms with Crippen LogP contribution in [0.3, 0.4) is 0 Å². The van der Waals surface area contributed by atoms with Crippen molar-refractivity contribution in [3.8, 4) is 5.75 Å². The molecule has 0 amide bonds. The monoisotopic (exact) mass is 358 g/mol. The molecule has 0 aliphatic rings. The third-order valence-corrected chi connectivity index (χ3v) is 2.98. The summed E-state index contributed by atoms with van der Waals surface area (Å²) in [7, 11) is 0. The molecule has 0 unspecified atom stereocenters. The number of halogens is 6. The molecule has 9 heteroatoms. The minimum absolute atomic E-state index is 0. The van der Waals surface area contributed by atoms with Crippen LogP contribution in [0, 0.1) is 0 Å². The summed E-state index contributed by atoms with van der Waals surface area (Å²) in [6.07, 6.45) is -4.59. The minimum atomic E-state index is -5.30. The standard InChI is InChI=1S/C14H10BF6O.K/c16-14(17,18)11-6-2-1-5-10(11)9-22-13-8-4-3-7-12(13)15(19,20)21;/h1-8H,9H2;/q-1;+1. The van der Waals surface area contributed by atoms with Gasteiger partial charge in [-0.25, -0.2) is 0 Å². The van der Waals surface area contributed by atoms with Gasteiger partial charge in [0, 0.05) is 5.56 Å². The zero-order valence-electron chi connectivity index (χ0n) is 12.1. The Balaban J connectivity index is 0.00000264. The van der Waals surface area contributed by atoms with Crippen molar-refractivity contribution in [3.05, 3.63) is 59.7 Å². The molecule has 0 heterocycles. The van der Waals surface area contributed by atoms with E-state index in [1.165, 1.54) is 30.3 Å². The van der Waals surface area contributed by atoms with E-state index >= 15 is 0 Å². The number of ether oxygens (including phenoxy) is 1. The Morgan fingerprint density at radius 2 is 1.43 bits per heavy atom. The van der Waals surface area contributed by atoms with Crippen molar-refractivity contribution in [3.63, 3.8) is 0 Å².